The van der Waals surface area contributed by atoms with E-state index in [0.29, 0.717) is 26.1 Å². The molecule has 0 bridgehead atoms. The minimum Gasteiger partial charge on any atom is -0.478 e. The maximum Gasteiger partial charge on any atom is 0.407 e. The van der Waals surface area contributed by atoms with Crippen molar-refractivity contribution in [1.29, 1.82) is 0 Å². The minimum atomic E-state index is -0.936. The molecule has 4 rings (SSSR count). The number of carbonyl (C=O) groups excluding carboxylic acids is 2. The summed E-state index contributed by atoms with van der Waals surface area (Å²) in [5.41, 5.74) is 1.33. The summed E-state index contributed by atoms with van der Waals surface area (Å²) in [6.07, 6.45) is 5.31. The molecule has 1 aromatic carbocycles. The Morgan fingerprint density at radius 1 is 1.19 bits per heavy atom. The number of nitrogens with zero attached hydrogens (tertiary/aromatic N) is 1. The van der Waals surface area contributed by atoms with E-state index in [0.717, 1.165) is 31.4 Å². The van der Waals surface area contributed by atoms with Gasteiger partial charge in [0, 0.05) is 19.5 Å². The van der Waals surface area contributed by atoms with Crippen molar-refractivity contribution >= 4 is 12.0 Å². The van der Waals surface area contributed by atoms with Gasteiger partial charge in [0.15, 0.2) is 5.60 Å². The number of fused-ring (bicyclic) bond motifs is 1. The molecule has 0 unspecified atom stereocenters. The number of hydrogen-bond donors (Lipinski definition) is 1. The fourth-order valence-corrected chi connectivity index (χ4v) is 4.48. The van der Waals surface area contributed by atoms with E-state index in [1.165, 1.54) is 17.5 Å². The predicted octanol–water partition coefficient (Wildman–Crippen LogP) is 2.82. The molecule has 1 N–H and O–H groups in total. The topological polar surface area (TPSA) is 67.9 Å². The highest BCUT2D eigenvalue weighted by molar-refractivity contribution is 5.85. The Bertz CT molecular complexity index is 761. The first-order valence-electron chi connectivity index (χ1n) is 9.94. The van der Waals surface area contributed by atoms with E-state index in [-0.39, 0.29) is 12.0 Å². The molecule has 6 nitrogen and oxygen atoms in total. The van der Waals surface area contributed by atoms with E-state index in [2.05, 4.69) is 17.4 Å². The zero-order valence-corrected chi connectivity index (χ0v) is 16.2. The second-order valence-electron chi connectivity index (χ2n) is 8.47. The van der Waals surface area contributed by atoms with Crippen LogP contribution < -0.4 is 10.1 Å². The van der Waals surface area contributed by atoms with Crippen molar-refractivity contribution in [3.05, 3.63) is 29.3 Å². The Morgan fingerprint density at radius 3 is 2.78 bits per heavy atom. The summed E-state index contributed by atoms with van der Waals surface area (Å²) in [5.74, 6) is 0.742. The van der Waals surface area contributed by atoms with E-state index in [1.54, 1.807) is 0 Å². The maximum atomic E-state index is 13.2. The first-order chi connectivity index (χ1) is 12.9. The molecule has 146 valence electrons. The van der Waals surface area contributed by atoms with Gasteiger partial charge in [-0.25, -0.2) is 4.79 Å². The average molecular weight is 372 g/mol. The molecule has 1 atom stereocenters. The third kappa shape index (κ3) is 3.62. The van der Waals surface area contributed by atoms with Gasteiger partial charge in [0.2, 0.25) is 0 Å². The molecular weight excluding hydrogens is 344 g/mol. The van der Waals surface area contributed by atoms with Crippen molar-refractivity contribution in [3.8, 4) is 5.75 Å². The molecular formula is C21H28N2O4. The van der Waals surface area contributed by atoms with Crippen LogP contribution in [0.25, 0.3) is 0 Å². The quantitative estimate of drug-likeness (QED) is 0.886. The molecule has 0 radical (unpaired) electrons. The standard InChI is InChI=1S/C21H28N2O4/c1-20(2,26-17-8-7-15-5-3-6-16(15)13-17)18(24)23-11-4-9-21(10-12-23)14-22-19(25)27-21/h7-8,13H,3-6,9-12,14H2,1-2H3,(H,22,25)/t21-/m1/s1. The van der Waals surface area contributed by atoms with Gasteiger partial charge in [-0.2, -0.15) is 0 Å². The Hall–Kier alpha value is -2.24. The Kier molecular flexibility index (Phi) is 4.52. The molecule has 2 saturated heterocycles. The van der Waals surface area contributed by atoms with Crippen LogP contribution in [-0.4, -0.2) is 47.7 Å². The fraction of sp³-hybridized carbons (Fsp3) is 0.619. The van der Waals surface area contributed by atoms with Crippen LogP contribution >= 0.6 is 0 Å². The fourth-order valence-electron chi connectivity index (χ4n) is 4.48. The SMILES string of the molecule is CC(C)(Oc1ccc2c(c1)CCC2)C(=O)N1CCC[C@@]2(CC1)CNC(=O)O2. The summed E-state index contributed by atoms with van der Waals surface area (Å²) in [5, 5.41) is 2.75. The smallest absolute Gasteiger partial charge is 0.407 e. The highest BCUT2D eigenvalue weighted by Gasteiger charge is 2.43. The first kappa shape index (κ1) is 18.1. The molecule has 3 aliphatic rings. The van der Waals surface area contributed by atoms with Gasteiger partial charge in [0.05, 0.1) is 6.54 Å². The minimum absolute atomic E-state index is 0.0164. The van der Waals surface area contributed by atoms with Crippen molar-refractivity contribution in [2.75, 3.05) is 19.6 Å². The lowest BCUT2D eigenvalue weighted by Crippen LogP contribution is -2.49. The van der Waals surface area contributed by atoms with Crippen LogP contribution in [0.4, 0.5) is 4.79 Å². The van der Waals surface area contributed by atoms with Crippen LogP contribution in [-0.2, 0) is 22.4 Å². The van der Waals surface area contributed by atoms with Crippen molar-refractivity contribution < 1.29 is 19.1 Å². The summed E-state index contributed by atoms with van der Waals surface area (Å²) >= 11 is 0. The monoisotopic (exact) mass is 372 g/mol. The Balaban J connectivity index is 1.42. The van der Waals surface area contributed by atoms with Gasteiger partial charge in [0.25, 0.3) is 5.91 Å². The van der Waals surface area contributed by atoms with Gasteiger partial charge in [-0.1, -0.05) is 6.07 Å². The highest BCUT2D eigenvalue weighted by atomic mass is 16.6. The molecule has 2 heterocycles. The number of benzene rings is 1. The number of aryl methyl sites for hydroxylation is 2. The molecule has 27 heavy (non-hydrogen) atoms. The first-order valence-corrected chi connectivity index (χ1v) is 9.94. The molecule has 2 aliphatic heterocycles. The van der Waals surface area contributed by atoms with Gasteiger partial charge >= 0.3 is 6.09 Å². The van der Waals surface area contributed by atoms with Crippen LogP contribution in [0, 0.1) is 0 Å². The lowest BCUT2D eigenvalue weighted by atomic mass is 9.95. The van der Waals surface area contributed by atoms with E-state index in [1.807, 2.05) is 24.8 Å². The predicted molar refractivity (Wildman–Crippen MR) is 101 cm³/mol. The number of amides is 2. The number of hydrogen-bond acceptors (Lipinski definition) is 4. The van der Waals surface area contributed by atoms with Gasteiger partial charge in [0.1, 0.15) is 11.4 Å². The molecule has 0 saturated carbocycles. The van der Waals surface area contributed by atoms with Gasteiger partial charge in [-0.05, 0) is 69.2 Å². The number of nitrogens with one attached hydrogen (secondary N) is 1. The lowest BCUT2D eigenvalue weighted by Gasteiger charge is -2.32. The van der Waals surface area contributed by atoms with Crippen LogP contribution in [0.3, 0.4) is 0 Å². The Labute approximate surface area is 160 Å². The van der Waals surface area contributed by atoms with Crippen LogP contribution in [0.15, 0.2) is 18.2 Å². The maximum absolute atomic E-state index is 13.2. The molecule has 2 amide bonds. The second-order valence-corrected chi connectivity index (χ2v) is 8.47. The zero-order valence-electron chi connectivity index (χ0n) is 16.2. The number of rotatable bonds is 3. The van der Waals surface area contributed by atoms with Crippen molar-refractivity contribution in [2.45, 2.75) is 63.6 Å². The van der Waals surface area contributed by atoms with Crippen molar-refractivity contribution in [1.82, 2.24) is 10.2 Å². The van der Waals surface area contributed by atoms with Crippen LogP contribution in [0.1, 0.15) is 50.7 Å². The normalized spacial score (nSPS) is 25.0. The molecule has 0 aromatic heterocycles. The summed E-state index contributed by atoms with van der Waals surface area (Å²) in [4.78, 5) is 26.5. The van der Waals surface area contributed by atoms with Crippen LogP contribution in [0.2, 0.25) is 0 Å². The van der Waals surface area contributed by atoms with Gasteiger partial charge in [-0.3, -0.25) is 4.79 Å². The third-order valence-corrected chi connectivity index (χ3v) is 6.01. The van der Waals surface area contributed by atoms with E-state index < -0.39 is 11.2 Å². The summed E-state index contributed by atoms with van der Waals surface area (Å²) in [6, 6.07) is 6.17. The Morgan fingerprint density at radius 2 is 2.00 bits per heavy atom. The average Bonchev–Trinajstić information content (AvgIpc) is 3.17. The number of ether oxygens (including phenoxy) is 2. The largest absolute Gasteiger partial charge is 0.478 e. The van der Waals surface area contributed by atoms with E-state index in [9.17, 15) is 9.59 Å². The third-order valence-electron chi connectivity index (χ3n) is 6.01. The second kappa shape index (κ2) is 6.73. The molecule has 1 spiro atoms. The number of carbonyl (C=O) groups is 2. The molecule has 1 aliphatic carbocycles. The van der Waals surface area contributed by atoms with E-state index in [4.69, 9.17) is 9.47 Å². The lowest BCUT2D eigenvalue weighted by molar-refractivity contribution is -0.145. The van der Waals surface area contributed by atoms with E-state index >= 15 is 0 Å². The molecule has 6 heteroatoms. The van der Waals surface area contributed by atoms with Crippen molar-refractivity contribution in [2.24, 2.45) is 0 Å². The summed E-state index contributed by atoms with van der Waals surface area (Å²) in [7, 11) is 0. The zero-order chi connectivity index (χ0) is 19.1. The summed E-state index contributed by atoms with van der Waals surface area (Å²) in [6.45, 7) is 5.43. The number of alkyl carbamates (subject to hydrolysis) is 1. The summed E-state index contributed by atoms with van der Waals surface area (Å²) < 4.78 is 11.6. The van der Waals surface area contributed by atoms with Gasteiger partial charge < -0.3 is 19.7 Å². The van der Waals surface area contributed by atoms with Gasteiger partial charge in [-0.15, -0.1) is 0 Å². The number of likely N-dealkylation sites (tertiary alicyclic amines) is 1. The van der Waals surface area contributed by atoms with Crippen molar-refractivity contribution in [3.63, 3.8) is 0 Å². The highest BCUT2D eigenvalue weighted by Crippen LogP contribution is 2.32. The molecule has 1 aromatic rings. The van der Waals surface area contributed by atoms with Crippen LogP contribution in [0.5, 0.6) is 5.75 Å². The molecule has 2 fully saturated rings.